The second-order valence-electron chi connectivity index (χ2n) is 5.72. The quantitative estimate of drug-likeness (QED) is 0.779. The summed E-state index contributed by atoms with van der Waals surface area (Å²) in [6, 6.07) is 4.11. The van der Waals surface area contributed by atoms with Crippen molar-refractivity contribution in [2.75, 3.05) is 6.61 Å². The second-order valence-corrected chi connectivity index (χ2v) is 6.88. The lowest BCUT2D eigenvalue weighted by Gasteiger charge is -2.39. The predicted octanol–water partition coefficient (Wildman–Crippen LogP) is 3.10. The van der Waals surface area contributed by atoms with E-state index in [0.29, 0.717) is 15.1 Å². The third kappa shape index (κ3) is 3.49. The van der Waals surface area contributed by atoms with E-state index in [2.05, 4.69) is 12.2 Å². The van der Waals surface area contributed by atoms with E-state index < -0.39 is 5.54 Å². The average molecular weight is 391 g/mol. The molecule has 2 N–H and O–H groups in total. The van der Waals surface area contributed by atoms with Crippen LogP contribution in [0.2, 0.25) is 0 Å². The number of aliphatic hydroxyl groups is 1. The van der Waals surface area contributed by atoms with Crippen LogP contribution in [-0.4, -0.2) is 23.2 Å². The van der Waals surface area contributed by atoms with Crippen molar-refractivity contribution in [1.29, 1.82) is 0 Å². The Labute approximate surface area is 132 Å². The Morgan fingerprint density at radius 1 is 1.60 bits per heavy atom. The molecule has 0 aliphatic heterocycles. The fraction of sp³-hybridized carbons (Fsp3) is 0.533. The van der Waals surface area contributed by atoms with Gasteiger partial charge in [-0.3, -0.25) is 4.79 Å². The van der Waals surface area contributed by atoms with E-state index in [4.69, 9.17) is 0 Å². The van der Waals surface area contributed by atoms with Crippen molar-refractivity contribution in [2.24, 2.45) is 5.92 Å². The van der Waals surface area contributed by atoms with Crippen LogP contribution in [0.15, 0.2) is 18.2 Å². The first kappa shape index (κ1) is 15.7. The summed E-state index contributed by atoms with van der Waals surface area (Å²) in [6.45, 7) is 2.08. The number of carbonyl (C=O) groups is 1. The molecule has 1 amide bonds. The van der Waals surface area contributed by atoms with Gasteiger partial charge in [0.15, 0.2) is 0 Å². The molecule has 1 saturated carbocycles. The van der Waals surface area contributed by atoms with Crippen molar-refractivity contribution in [3.05, 3.63) is 33.1 Å². The molecule has 2 rings (SSSR count). The van der Waals surface area contributed by atoms with Crippen molar-refractivity contribution in [3.63, 3.8) is 0 Å². The lowest BCUT2D eigenvalue weighted by Crippen LogP contribution is -2.54. The zero-order chi connectivity index (χ0) is 14.8. The summed E-state index contributed by atoms with van der Waals surface area (Å²) >= 11 is 1.95. The van der Waals surface area contributed by atoms with Crippen molar-refractivity contribution in [3.8, 4) is 0 Å². The molecule has 5 heteroatoms. The summed E-state index contributed by atoms with van der Waals surface area (Å²) < 4.78 is 13.7. The number of aliphatic hydroxyl groups excluding tert-OH is 1. The van der Waals surface area contributed by atoms with Gasteiger partial charge in [0.05, 0.1) is 17.7 Å². The molecule has 0 bridgehead atoms. The van der Waals surface area contributed by atoms with E-state index in [1.165, 1.54) is 18.2 Å². The highest BCUT2D eigenvalue weighted by Gasteiger charge is 2.36. The molecule has 1 aliphatic carbocycles. The van der Waals surface area contributed by atoms with Crippen molar-refractivity contribution >= 4 is 28.5 Å². The minimum absolute atomic E-state index is 0.0547. The van der Waals surface area contributed by atoms with Gasteiger partial charge >= 0.3 is 0 Å². The minimum atomic E-state index is -0.535. The lowest BCUT2D eigenvalue weighted by atomic mass is 9.76. The summed E-state index contributed by atoms with van der Waals surface area (Å²) in [4.78, 5) is 12.4. The fourth-order valence-corrected chi connectivity index (χ4v) is 3.66. The Bertz CT molecular complexity index is 509. The van der Waals surface area contributed by atoms with Gasteiger partial charge < -0.3 is 10.4 Å². The van der Waals surface area contributed by atoms with E-state index in [-0.39, 0.29) is 18.3 Å². The van der Waals surface area contributed by atoms with Crippen molar-refractivity contribution in [2.45, 2.75) is 38.1 Å². The van der Waals surface area contributed by atoms with E-state index in [1.807, 2.05) is 22.6 Å². The standard InChI is InChI=1S/C15H19FINO2/c1-10-3-2-6-15(8-10,9-19)18-14(20)12-5-4-11(16)7-13(12)17/h4-5,7,10,19H,2-3,6,8-9H2,1H3,(H,18,20). The molecule has 2 atom stereocenters. The molecule has 110 valence electrons. The third-order valence-corrected chi connectivity index (χ3v) is 4.84. The van der Waals surface area contributed by atoms with Gasteiger partial charge in [0, 0.05) is 3.57 Å². The van der Waals surface area contributed by atoms with Gasteiger partial charge in [-0.15, -0.1) is 0 Å². The molecule has 1 fully saturated rings. The summed E-state index contributed by atoms with van der Waals surface area (Å²) in [5.74, 6) is -0.102. The van der Waals surface area contributed by atoms with E-state index in [0.717, 1.165) is 25.7 Å². The summed E-state index contributed by atoms with van der Waals surface area (Å²) in [6.07, 6.45) is 3.71. The van der Waals surface area contributed by atoms with Crippen LogP contribution in [0.25, 0.3) is 0 Å². The zero-order valence-corrected chi connectivity index (χ0v) is 13.6. The predicted molar refractivity (Wildman–Crippen MR) is 84.0 cm³/mol. The van der Waals surface area contributed by atoms with E-state index in [9.17, 15) is 14.3 Å². The number of halogens is 2. The normalized spacial score (nSPS) is 26.3. The topological polar surface area (TPSA) is 49.3 Å². The Morgan fingerprint density at radius 2 is 2.35 bits per heavy atom. The Morgan fingerprint density at radius 3 is 2.95 bits per heavy atom. The first-order valence-electron chi connectivity index (χ1n) is 6.84. The van der Waals surface area contributed by atoms with Gasteiger partial charge in [0.2, 0.25) is 0 Å². The maximum atomic E-state index is 13.1. The number of benzene rings is 1. The molecule has 1 aromatic rings. The SMILES string of the molecule is CC1CCCC(CO)(NC(=O)c2ccc(F)cc2I)C1. The van der Waals surface area contributed by atoms with Crippen LogP contribution < -0.4 is 5.32 Å². The van der Waals surface area contributed by atoms with Crippen LogP contribution in [-0.2, 0) is 0 Å². The Balaban J connectivity index is 2.16. The summed E-state index contributed by atoms with van der Waals surface area (Å²) in [7, 11) is 0. The van der Waals surface area contributed by atoms with Gasteiger partial charge in [-0.1, -0.05) is 19.8 Å². The highest BCUT2D eigenvalue weighted by Crippen LogP contribution is 2.32. The number of rotatable bonds is 3. The molecule has 20 heavy (non-hydrogen) atoms. The molecule has 2 unspecified atom stereocenters. The molecule has 0 spiro atoms. The van der Waals surface area contributed by atoms with Gasteiger partial charge in [-0.25, -0.2) is 4.39 Å². The molecule has 1 aromatic carbocycles. The number of hydrogen-bond donors (Lipinski definition) is 2. The number of hydrogen-bond acceptors (Lipinski definition) is 2. The van der Waals surface area contributed by atoms with Crippen LogP contribution in [0.1, 0.15) is 43.0 Å². The highest BCUT2D eigenvalue weighted by atomic mass is 127. The summed E-state index contributed by atoms with van der Waals surface area (Å²) in [5, 5.41) is 12.7. The van der Waals surface area contributed by atoms with Crippen LogP contribution in [0, 0.1) is 15.3 Å². The number of nitrogens with one attached hydrogen (secondary N) is 1. The Kier molecular flexibility index (Phi) is 5.01. The second kappa shape index (κ2) is 6.39. The Hall–Kier alpha value is -0.690. The lowest BCUT2D eigenvalue weighted by molar-refractivity contribution is 0.0696. The molecule has 0 saturated heterocycles. The third-order valence-electron chi connectivity index (χ3n) is 3.95. The smallest absolute Gasteiger partial charge is 0.252 e. The highest BCUT2D eigenvalue weighted by molar-refractivity contribution is 14.1. The maximum Gasteiger partial charge on any atom is 0.252 e. The zero-order valence-electron chi connectivity index (χ0n) is 11.5. The van der Waals surface area contributed by atoms with Crippen LogP contribution >= 0.6 is 22.6 Å². The average Bonchev–Trinajstić information content (AvgIpc) is 2.38. The van der Waals surface area contributed by atoms with Crippen LogP contribution in [0.4, 0.5) is 4.39 Å². The molecule has 0 heterocycles. The summed E-state index contributed by atoms with van der Waals surface area (Å²) in [5.41, 5.74) is -0.0790. The van der Waals surface area contributed by atoms with Crippen molar-refractivity contribution in [1.82, 2.24) is 5.32 Å². The molecule has 0 radical (unpaired) electrons. The monoisotopic (exact) mass is 391 g/mol. The molecule has 0 aromatic heterocycles. The number of amides is 1. The van der Waals surface area contributed by atoms with Gasteiger partial charge in [-0.05, 0) is 59.5 Å². The fourth-order valence-electron chi connectivity index (χ4n) is 2.94. The molecular formula is C15H19FINO2. The van der Waals surface area contributed by atoms with Crippen molar-refractivity contribution < 1.29 is 14.3 Å². The first-order valence-corrected chi connectivity index (χ1v) is 7.92. The van der Waals surface area contributed by atoms with Crippen LogP contribution in [0.3, 0.4) is 0 Å². The van der Waals surface area contributed by atoms with E-state index in [1.54, 1.807) is 0 Å². The van der Waals surface area contributed by atoms with Gasteiger partial charge in [0.25, 0.3) is 5.91 Å². The molecule has 1 aliphatic rings. The first-order chi connectivity index (χ1) is 9.46. The molecular weight excluding hydrogens is 372 g/mol. The largest absolute Gasteiger partial charge is 0.394 e. The molecule has 3 nitrogen and oxygen atoms in total. The maximum absolute atomic E-state index is 13.1. The van der Waals surface area contributed by atoms with E-state index >= 15 is 0 Å². The minimum Gasteiger partial charge on any atom is -0.394 e. The number of carbonyl (C=O) groups excluding carboxylic acids is 1. The van der Waals surface area contributed by atoms with Gasteiger partial charge in [-0.2, -0.15) is 0 Å². The van der Waals surface area contributed by atoms with Gasteiger partial charge in [0.1, 0.15) is 5.82 Å². The van der Waals surface area contributed by atoms with Crippen LogP contribution in [0.5, 0.6) is 0 Å².